The Labute approximate surface area is 126 Å². The van der Waals surface area contributed by atoms with Gasteiger partial charge in [-0.15, -0.1) is 0 Å². The molecule has 0 aliphatic carbocycles. The zero-order valence-electron chi connectivity index (χ0n) is 11.2. The van der Waals surface area contributed by atoms with E-state index in [1.165, 1.54) is 24.3 Å². The lowest BCUT2D eigenvalue weighted by molar-refractivity contribution is 0.0952. The normalized spacial score (nSPS) is 11.2. The maximum absolute atomic E-state index is 11.9. The molecule has 0 radical (unpaired) electrons. The lowest BCUT2D eigenvalue weighted by Crippen LogP contribution is -2.19. The van der Waals surface area contributed by atoms with E-state index < -0.39 is 5.91 Å². The Morgan fingerprint density at radius 3 is 2.48 bits per heavy atom. The van der Waals surface area contributed by atoms with Gasteiger partial charge in [-0.25, -0.2) is 5.43 Å². The number of benzene rings is 2. The Bertz CT molecular complexity index is 714. The molecule has 0 aliphatic heterocycles. The first-order valence-electron chi connectivity index (χ1n) is 6.10. The number of hydrogen-bond donors (Lipinski definition) is 3. The average molecular weight is 305 g/mol. The highest BCUT2D eigenvalue weighted by molar-refractivity contribution is 6.31. The quantitative estimate of drug-likeness (QED) is 0.602. The number of nitrogens with zero attached hydrogens (tertiary/aromatic N) is 1. The molecular weight excluding hydrogens is 292 g/mol. The fraction of sp³-hybridized carbons (Fsp3) is 0.0667. The zero-order chi connectivity index (χ0) is 15.4. The van der Waals surface area contributed by atoms with Crippen molar-refractivity contribution >= 4 is 23.2 Å². The molecule has 0 spiro atoms. The summed E-state index contributed by atoms with van der Waals surface area (Å²) in [6.45, 7) is 1.65. The number of nitrogens with one attached hydrogen (secondary N) is 1. The van der Waals surface area contributed by atoms with E-state index in [2.05, 4.69) is 10.5 Å². The summed E-state index contributed by atoms with van der Waals surface area (Å²) in [5.41, 5.74) is 3.28. The number of carbonyl (C=O) groups is 1. The molecule has 2 aromatic rings. The summed E-state index contributed by atoms with van der Waals surface area (Å²) < 4.78 is 0. The van der Waals surface area contributed by atoms with Crippen LogP contribution < -0.4 is 5.43 Å². The third kappa shape index (κ3) is 3.52. The molecule has 2 aromatic carbocycles. The van der Waals surface area contributed by atoms with Crippen molar-refractivity contribution in [2.45, 2.75) is 6.92 Å². The van der Waals surface area contributed by atoms with E-state index in [1.54, 1.807) is 25.1 Å². The fourth-order valence-corrected chi connectivity index (χ4v) is 1.90. The Kier molecular flexibility index (Phi) is 4.45. The summed E-state index contributed by atoms with van der Waals surface area (Å²) in [6.07, 6.45) is 0. The SMILES string of the molecule is CC(=NNC(=O)c1cc(Cl)ccc1O)c1ccccc1O. The van der Waals surface area contributed by atoms with Gasteiger partial charge in [0.1, 0.15) is 11.5 Å². The van der Waals surface area contributed by atoms with Gasteiger partial charge in [0.2, 0.25) is 0 Å². The first-order chi connectivity index (χ1) is 9.99. The number of amides is 1. The summed E-state index contributed by atoms with van der Waals surface area (Å²) in [5, 5.41) is 23.6. The van der Waals surface area contributed by atoms with E-state index in [4.69, 9.17) is 11.6 Å². The summed E-state index contributed by atoms with van der Waals surface area (Å²) in [7, 11) is 0. The molecule has 6 heteroatoms. The molecular formula is C15H13ClN2O3. The standard InChI is InChI=1S/C15H13ClN2O3/c1-9(11-4-2-3-5-13(11)19)17-18-15(21)12-8-10(16)6-7-14(12)20/h2-8,19-20H,1H3,(H,18,21). The maximum Gasteiger partial charge on any atom is 0.275 e. The van der Waals surface area contributed by atoms with Crippen LogP contribution >= 0.6 is 11.6 Å². The number of carbonyl (C=O) groups excluding carboxylic acids is 1. The van der Waals surface area contributed by atoms with Crippen LogP contribution in [0, 0.1) is 0 Å². The van der Waals surface area contributed by atoms with E-state index in [-0.39, 0.29) is 17.1 Å². The number of halogens is 1. The van der Waals surface area contributed by atoms with Crippen LogP contribution in [0.3, 0.4) is 0 Å². The molecule has 1 amide bonds. The summed E-state index contributed by atoms with van der Waals surface area (Å²) in [5.74, 6) is -0.712. The Balaban J connectivity index is 2.19. The lowest BCUT2D eigenvalue weighted by Gasteiger charge is -2.06. The highest BCUT2D eigenvalue weighted by atomic mass is 35.5. The Morgan fingerprint density at radius 2 is 1.76 bits per heavy atom. The van der Waals surface area contributed by atoms with Gasteiger partial charge in [-0.05, 0) is 37.3 Å². The molecule has 0 bridgehead atoms. The van der Waals surface area contributed by atoms with Crippen LogP contribution in [0.1, 0.15) is 22.8 Å². The van der Waals surface area contributed by atoms with E-state index in [9.17, 15) is 15.0 Å². The minimum absolute atomic E-state index is 0.0244. The molecule has 21 heavy (non-hydrogen) atoms. The molecule has 0 atom stereocenters. The topological polar surface area (TPSA) is 81.9 Å². The number of phenolic OH excluding ortho intramolecular Hbond substituents is 2. The Morgan fingerprint density at radius 1 is 1.10 bits per heavy atom. The molecule has 0 aliphatic rings. The van der Waals surface area contributed by atoms with Gasteiger partial charge in [-0.1, -0.05) is 23.7 Å². The second-order valence-electron chi connectivity index (χ2n) is 4.32. The molecule has 2 rings (SSSR count). The first kappa shape index (κ1) is 14.9. The monoisotopic (exact) mass is 304 g/mol. The molecule has 0 fully saturated rings. The van der Waals surface area contributed by atoms with E-state index in [0.29, 0.717) is 16.3 Å². The van der Waals surface area contributed by atoms with Crippen molar-refractivity contribution < 1.29 is 15.0 Å². The number of aromatic hydroxyl groups is 2. The molecule has 0 unspecified atom stereocenters. The summed E-state index contributed by atoms with van der Waals surface area (Å²) in [6, 6.07) is 10.8. The minimum atomic E-state index is -0.593. The first-order valence-corrected chi connectivity index (χ1v) is 6.48. The highest BCUT2D eigenvalue weighted by Crippen LogP contribution is 2.21. The van der Waals surface area contributed by atoms with Crippen LogP contribution in [-0.4, -0.2) is 21.8 Å². The molecule has 0 aromatic heterocycles. The number of rotatable bonds is 3. The highest BCUT2D eigenvalue weighted by Gasteiger charge is 2.11. The van der Waals surface area contributed by atoms with Gasteiger partial charge in [0.05, 0.1) is 11.3 Å². The van der Waals surface area contributed by atoms with Gasteiger partial charge >= 0.3 is 0 Å². The third-order valence-electron chi connectivity index (χ3n) is 2.82. The van der Waals surface area contributed by atoms with Gasteiger partial charge in [-0.3, -0.25) is 4.79 Å². The van der Waals surface area contributed by atoms with Crippen molar-refractivity contribution in [1.29, 1.82) is 0 Å². The van der Waals surface area contributed by atoms with Crippen molar-refractivity contribution in [2.24, 2.45) is 5.10 Å². The lowest BCUT2D eigenvalue weighted by atomic mass is 10.1. The smallest absolute Gasteiger partial charge is 0.275 e. The third-order valence-corrected chi connectivity index (χ3v) is 3.06. The largest absolute Gasteiger partial charge is 0.507 e. The van der Waals surface area contributed by atoms with Gasteiger partial charge in [0, 0.05) is 10.6 Å². The van der Waals surface area contributed by atoms with Crippen LogP contribution in [0.2, 0.25) is 5.02 Å². The Hall–Kier alpha value is -2.53. The van der Waals surface area contributed by atoms with Crippen LogP contribution in [0.15, 0.2) is 47.6 Å². The van der Waals surface area contributed by atoms with E-state index in [1.807, 2.05) is 0 Å². The van der Waals surface area contributed by atoms with Crippen molar-refractivity contribution in [1.82, 2.24) is 5.43 Å². The van der Waals surface area contributed by atoms with Gasteiger partial charge in [0.15, 0.2) is 0 Å². The predicted octanol–water partition coefficient (Wildman–Crippen LogP) is 2.91. The van der Waals surface area contributed by atoms with Crippen molar-refractivity contribution in [3.8, 4) is 11.5 Å². The number of hydrogen-bond acceptors (Lipinski definition) is 4. The molecule has 108 valence electrons. The molecule has 0 heterocycles. The second-order valence-corrected chi connectivity index (χ2v) is 4.75. The van der Waals surface area contributed by atoms with Crippen LogP contribution in [0.5, 0.6) is 11.5 Å². The van der Waals surface area contributed by atoms with E-state index in [0.717, 1.165) is 0 Å². The van der Waals surface area contributed by atoms with Crippen LogP contribution in [0.25, 0.3) is 0 Å². The van der Waals surface area contributed by atoms with Crippen LogP contribution in [0.4, 0.5) is 0 Å². The van der Waals surface area contributed by atoms with E-state index >= 15 is 0 Å². The summed E-state index contributed by atoms with van der Waals surface area (Å²) >= 11 is 5.78. The van der Waals surface area contributed by atoms with Crippen molar-refractivity contribution in [3.05, 3.63) is 58.6 Å². The average Bonchev–Trinajstić information content (AvgIpc) is 2.47. The summed E-state index contributed by atoms with van der Waals surface area (Å²) in [4.78, 5) is 11.9. The molecule has 3 N–H and O–H groups in total. The maximum atomic E-state index is 11.9. The second kappa shape index (κ2) is 6.28. The predicted molar refractivity (Wildman–Crippen MR) is 80.9 cm³/mol. The van der Waals surface area contributed by atoms with Crippen molar-refractivity contribution in [2.75, 3.05) is 0 Å². The van der Waals surface area contributed by atoms with Gasteiger partial charge < -0.3 is 10.2 Å². The molecule has 0 saturated carbocycles. The van der Waals surface area contributed by atoms with Gasteiger partial charge in [0.25, 0.3) is 5.91 Å². The number of hydrazone groups is 1. The minimum Gasteiger partial charge on any atom is -0.507 e. The van der Waals surface area contributed by atoms with Crippen molar-refractivity contribution in [3.63, 3.8) is 0 Å². The van der Waals surface area contributed by atoms with Crippen LogP contribution in [-0.2, 0) is 0 Å². The molecule has 5 nitrogen and oxygen atoms in total. The zero-order valence-corrected chi connectivity index (χ0v) is 11.9. The van der Waals surface area contributed by atoms with Gasteiger partial charge in [-0.2, -0.15) is 5.10 Å². The molecule has 0 saturated heterocycles. The number of phenols is 2. The fourth-order valence-electron chi connectivity index (χ4n) is 1.72. The number of para-hydroxylation sites is 1.